The first kappa shape index (κ1) is 12.5. The minimum Gasteiger partial charge on any atom is -0.0622 e. The number of aryl methyl sites for hydroxylation is 1. The SMILES string of the molecule is Cc1ccc2c(-c3ccccc3)c3ccccc3[s+]c2c1. The van der Waals surface area contributed by atoms with Crippen LogP contribution in [0.1, 0.15) is 5.56 Å². The number of hydrogen-bond donors (Lipinski definition) is 0. The van der Waals surface area contributed by atoms with Crippen LogP contribution in [-0.2, 0) is 0 Å². The Morgan fingerprint density at radius 1 is 0.667 bits per heavy atom. The first-order valence-corrected chi connectivity index (χ1v) is 7.95. The summed E-state index contributed by atoms with van der Waals surface area (Å²) < 4.78 is 2.70. The number of benzene rings is 3. The quantitative estimate of drug-likeness (QED) is 0.284. The maximum Gasteiger partial charge on any atom is 0.239 e. The molecule has 0 saturated heterocycles. The predicted molar refractivity (Wildman–Crippen MR) is 93.9 cm³/mol. The first-order valence-electron chi connectivity index (χ1n) is 7.13. The van der Waals surface area contributed by atoms with E-state index in [0.29, 0.717) is 0 Å². The van der Waals surface area contributed by atoms with Crippen molar-refractivity contribution in [1.82, 2.24) is 0 Å². The molecule has 0 amide bonds. The normalized spacial score (nSPS) is 11.1. The van der Waals surface area contributed by atoms with Gasteiger partial charge < -0.3 is 0 Å². The van der Waals surface area contributed by atoms with E-state index in [4.69, 9.17) is 0 Å². The second-order valence-electron chi connectivity index (χ2n) is 5.34. The Kier molecular flexibility index (Phi) is 2.94. The van der Waals surface area contributed by atoms with Crippen molar-refractivity contribution in [3.05, 3.63) is 78.4 Å². The van der Waals surface area contributed by atoms with Crippen molar-refractivity contribution in [3.8, 4) is 11.1 Å². The second kappa shape index (κ2) is 4.94. The minimum atomic E-state index is 1.29. The standard InChI is InChI=1S/C20H15S/c1-14-11-12-17-19(13-14)21-18-10-6-5-9-16(18)20(17)15-7-3-2-4-8-15/h2-13H,1H3/q+1. The monoisotopic (exact) mass is 287 g/mol. The third kappa shape index (κ3) is 2.10. The molecule has 4 rings (SSSR count). The molecule has 0 N–H and O–H groups in total. The summed E-state index contributed by atoms with van der Waals surface area (Å²) in [5, 5.41) is 2.68. The highest BCUT2D eigenvalue weighted by molar-refractivity contribution is 7.24. The molecule has 4 aromatic rings. The van der Waals surface area contributed by atoms with Gasteiger partial charge in [-0.3, -0.25) is 0 Å². The average Bonchev–Trinajstić information content (AvgIpc) is 2.53. The number of rotatable bonds is 1. The van der Waals surface area contributed by atoms with Crippen LogP contribution < -0.4 is 0 Å². The smallest absolute Gasteiger partial charge is 0.0622 e. The molecule has 0 unspecified atom stereocenters. The van der Waals surface area contributed by atoms with E-state index in [-0.39, 0.29) is 0 Å². The lowest BCUT2D eigenvalue weighted by molar-refractivity contribution is 1.52. The third-order valence-corrected chi connectivity index (χ3v) is 4.98. The molecule has 1 heterocycles. The van der Waals surface area contributed by atoms with Crippen LogP contribution in [0.25, 0.3) is 31.3 Å². The lowest BCUT2D eigenvalue weighted by Crippen LogP contribution is -1.84. The fourth-order valence-electron chi connectivity index (χ4n) is 2.86. The van der Waals surface area contributed by atoms with Gasteiger partial charge in [0.05, 0.1) is 0 Å². The molecule has 0 saturated carbocycles. The summed E-state index contributed by atoms with van der Waals surface area (Å²) >= 11 is 1.87. The van der Waals surface area contributed by atoms with Gasteiger partial charge in [0.2, 0.25) is 20.7 Å². The Labute approximate surface area is 128 Å². The zero-order valence-electron chi connectivity index (χ0n) is 11.8. The van der Waals surface area contributed by atoms with Crippen LogP contribution in [0.15, 0.2) is 72.8 Å². The molecule has 3 aromatic carbocycles. The number of hydrogen-bond acceptors (Lipinski definition) is 0. The predicted octanol–water partition coefficient (Wildman–Crippen LogP) is 6.31. The van der Waals surface area contributed by atoms with E-state index in [1.165, 1.54) is 36.9 Å². The van der Waals surface area contributed by atoms with Gasteiger partial charge in [0.25, 0.3) is 0 Å². The van der Waals surface area contributed by atoms with E-state index in [9.17, 15) is 0 Å². The van der Waals surface area contributed by atoms with Crippen LogP contribution in [-0.4, -0.2) is 0 Å². The molecule has 100 valence electrons. The molecule has 21 heavy (non-hydrogen) atoms. The maximum absolute atomic E-state index is 2.29. The summed E-state index contributed by atoms with van der Waals surface area (Å²) in [5.41, 5.74) is 3.95. The van der Waals surface area contributed by atoms with Crippen molar-refractivity contribution >= 4 is 31.5 Å². The first-order chi connectivity index (χ1) is 10.3. The number of fused-ring (bicyclic) bond motifs is 2. The Morgan fingerprint density at radius 2 is 1.38 bits per heavy atom. The zero-order chi connectivity index (χ0) is 14.2. The third-order valence-electron chi connectivity index (χ3n) is 3.85. The van der Waals surface area contributed by atoms with E-state index in [0.717, 1.165) is 0 Å². The van der Waals surface area contributed by atoms with Gasteiger partial charge in [0.15, 0.2) is 0 Å². The molecule has 1 aromatic heterocycles. The highest BCUT2D eigenvalue weighted by Gasteiger charge is 2.18. The molecular weight excluding hydrogens is 272 g/mol. The topological polar surface area (TPSA) is 0 Å². The molecule has 0 radical (unpaired) electrons. The molecule has 0 nitrogen and oxygen atoms in total. The Morgan fingerprint density at radius 3 is 2.24 bits per heavy atom. The molecule has 0 aliphatic rings. The minimum absolute atomic E-state index is 1.29. The Hall–Kier alpha value is -2.25. The Bertz CT molecular complexity index is 940. The van der Waals surface area contributed by atoms with E-state index < -0.39 is 0 Å². The van der Waals surface area contributed by atoms with E-state index in [2.05, 4.69) is 79.7 Å². The van der Waals surface area contributed by atoms with Crippen LogP contribution in [0.4, 0.5) is 0 Å². The molecule has 0 aliphatic heterocycles. The molecule has 0 bridgehead atoms. The van der Waals surface area contributed by atoms with Crippen molar-refractivity contribution in [2.45, 2.75) is 6.92 Å². The van der Waals surface area contributed by atoms with Crippen LogP contribution in [0.5, 0.6) is 0 Å². The van der Waals surface area contributed by atoms with E-state index >= 15 is 0 Å². The summed E-state index contributed by atoms with van der Waals surface area (Å²) in [6.45, 7) is 2.16. The van der Waals surface area contributed by atoms with E-state index in [1.807, 2.05) is 11.3 Å². The Balaban J connectivity index is 2.22. The fraction of sp³-hybridized carbons (Fsp3) is 0.0500. The van der Waals surface area contributed by atoms with Gasteiger partial charge in [0, 0.05) is 28.5 Å². The molecule has 0 spiro atoms. The average molecular weight is 287 g/mol. The maximum atomic E-state index is 2.29. The van der Waals surface area contributed by atoms with Crippen molar-refractivity contribution < 1.29 is 0 Å². The largest absolute Gasteiger partial charge is 0.239 e. The summed E-state index contributed by atoms with van der Waals surface area (Å²) in [4.78, 5) is 0. The molecule has 1 heteroatoms. The molecule has 0 aliphatic carbocycles. The highest BCUT2D eigenvalue weighted by atomic mass is 32.1. The van der Waals surface area contributed by atoms with Gasteiger partial charge in [-0.1, -0.05) is 48.5 Å². The molecule has 0 atom stereocenters. The molecular formula is C20H15S+. The van der Waals surface area contributed by atoms with Crippen molar-refractivity contribution in [2.24, 2.45) is 0 Å². The van der Waals surface area contributed by atoms with Gasteiger partial charge in [0.1, 0.15) is 0 Å². The lowest BCUT2D eigenvalue weighted by atomic mass is 9.98. The summed E-state index contributed by atoms with van der Waals surface area (Å²) in [7, 11) is 0. The summed E-state index contributed by atoms with van der Waals surface area (Å²) in [6.07, 6.45) is 0. The van der Waals surface area contributed by atoms with Gasteiger partial charge >= 0.3 is 0 Å². The van der Waals surface area contributed by atoms with Crippen LogP contribution >= 0.6 is 11.3 Å². The zero-order valence-corrected chi connectivity index (χ0v) is 12.7. The van der Waals surface area contributed by atoms with Gasteiger partial charge in [-0.05, 0) is 30.2 Å². The van der Waals surface area contributed by atoms with Crippen LogP contribution in [0.2, 0.25) is 0 Å². The van der Waals surface area contributed by atoms with Gasteiger partial charge in [-0.15, -0.1) is 0 Å². The van der Waals surface area contributed by atoms with E-state index in [1.54, 1.807) is 0 Å². The van der Waals surface area contributed by atoms with Crippen LogP contribution in [0.3, 0.4) is 0 Å². The lowest BCUT2D eigenvalue weighted by Gasteiger charge is -2.06. The van der Waals surface area contributed by atoms with Crippen molar-refractivity contribution in [3.63, 3.8) is 0 Å². The second-order valence-corrected chi connectivity index (χ2v) is 6.42. The summed E-state index contributed by atoms with van der Waals surface area (Å²) in [6, 6.07) is 26.1. The van der Waals surface area contributed by atoms with Crippen molar-refractivity contribution in [2.75, 3.05) is 0 Å². The fourth-order valence-corrected chi connectivity index (χ4v) is 4.05. The molecule has 0 fully saturated rings. The van der Waals surface area contributed by atoms with Gasteiger partial charge in [-0.2, -0.15) is 0 Å². The van der Waals surface area contributed by atoms with Crippen molar-refractivity contribution in [1.29, 1.82) is 0 Å². The van der Waals surface area contributed by atoms with Gasteiger partial charge in [-0.25, -0.2) is 0 Å². The highest BCUT2D eigenvalue weighted by Crippen LogP contribution is 2.39. The summed E-state index contributed by atoms with van der Waals surface area (Å²) in [5.74, 6) is 0. The van der Waals surface area contributed by atoms with Crippen LogP contribution in [0, 0.1) is 6.92 Å².